The van der Waals surface area contributed by atoms with Crippen LogP contribution in [0.2, 0.25) is 0 Å². The maximum Gasteiger partial charge on any atom is 0.306 e. The van der Waals surface area contributed by atoms with Crippen molar-refractivity contribution in [2.75, 3.05) is 6.61 Å². The quantitative estimate of drug-likeness (QED) is 0.154. The second-order valence-electron chi connectivity index (χ2n) is 14.7. The lowest BCUT2D eigenvalue weighted by Gasteiger charge is -2.46. The fourth-order valence-corrected chi connectivity index (χ4v) is 6.99. The summed E-state index contributed by atoms with van der Waals surface area (Å²) in [6, 6.07) is 0. The highest BCUT2D eigenvalue weighted by atomic mass is 16.5. The van der Waals surface area contributed by atoms with E-state index in [1.807, 2.05) is 0 Å². The number of carbonyl (C=O) groups excluding carboxylic acids is 2. The number of unbranched alkanes of at least 4 members (excludes halogenated alkanes) is 4. The van der Waals surface area contributed by atoms with Gasteiger partial charge in [-0.3, -0.25) is 4.79 Å². The lowest BCUT2D eigenvalue weighted by molar-refractivity contribution is -0.153. The zero-order valence-electron chi connectivity index (χ0n) is 25.6. The first kappa shape index (κ1) is 32.2. The van der Waals surface area contributed by atoms with Crippen molar-refractivity contribution in [1.29, 1.82) is 0 Å². The predicted molar refractivity (Wildman–Crippen MR) is 152 cm³/mol. The first-order chi connectivity index (χ1) is 17.0. The van der Waals surface area contributed by atoms with Gasteiger partial charge in [-0.2, -0.15) is 0 Å². The van der Waals surface area contributed by atoms with Crippen molar-refractivity contribution in [2.45, 2.75) is 174 Å². The Morgan fingerprint density at radius 3 is 1.73 bits per heavy atom. The molecule has 0 bridgehead atoms. The Bertz CT molecular complexity index is 713. The van der Waals surface area contributed by atoms with Crippen LogP contribution >= 0.6 is 0 Å². The number of piperidine rings is 2. The number of esters is 1. The number of aldehydes is 1. The molecule has 1 unspecified atom stereocenters. The van der Waals surface area contributed by atoms with Gasteiger partial charge in [0.2, 0.25) is 0 Å². The average Bonchev–Trinajstić information content (AvgIpc) is 2.71. The fraction of sp³-hybridized carbons (Fsp3) is 0.935. The maximum absolute atomic E-state index is 12.4. The number of hydrogen-bond donors (Lipinski definition) is 2. The van der Waals surface area contributed by atoms with Crippen LogP contribution in [-0.2, 0) is 19.1 Å². The molecule has 0 saturated carbocycles. The van der Waals surface area contributed by atoms with E-state index in [0.29, 0.717) is 13.0 Å². The molecule has 2 aliphatic heterocycles. The molecule has 2 fully saturated rings. The van der Waals surface area contributed by atoms with Crippen LogP contribution < -0.4 is 10.6 Å². The van der Waals surface area contributed by atoms with Crippen molar-refractivity contribution in [3.8, 4) is 0 Å². The molecule has 37 heavy (non-hydrogen) atoms. The zero-order valence-corrected chi connectivity index (χ0v) is 25.6. The third-order valence-electron chi connectivity index (χ3n) is 8.22. The second kappa shape index (κ2) is 12.9. The standard InChI is InChI=1S/C31H58N2O4/c1-10-31(22-34,23-36-24-18-27(2,3)32-28(4,5)19-24)17-15-13-11-12-14-16-26(35)37-25-20-29(6,7)33-30(8,9)21-25/h22,24-25,32-33H,10-21,23H2,1-9H3. The summed E-state index contributed by atoms with van der Waals surface area (Å²) in [5, 5.41) is 7.33. The van der Waals surface area contributed by atoms with E-state index in [1.54, 1.807) is 0 Å². The van der Waals surface area contributed by atoms with Gasteiger partial charge in [0.25, 0.3) is 0 Å². The Morgan fingerprint density at radius 1 is 0.784 bits per heavy atom. The Kier molecular flexibility index (Phi) is 11.3. The average molecular weight is 523 g/mol. The van der Waals surface area contributed by atoms with Crippen molar-refractivity contribution in [1.82, 2.24) is 10.6 Å². The van der Waals surface area contributed by atoms with Crippen LogP contribution in [0, 0.1) is 5.41 Å². The van der Waals surface area contributed by atoms with Crippen molar-refractivity contribution in [3.05, 3.63) is 0 Å². The lowest BCUT2D eigenvalue weighted by Crippen LogP contribution is -2.59. The van der Waals surface area contributed by atoms with Crippen molar-refractivity contribution in [3.63, 3.8) is 0 Å². The van der Waals surface area contributed by atoms with E-state index in [2.05, 4.69) is 72.9 Å². The van der Waals surface area contributed by atoms with E-state index >= 15 is 0 Å². The van der Waals surface area contributed by atoms with Gasteiger partial charge >= 0.3 is 5.97 Å². The van der Waals surface area contributed by atoms with Crippen molar-refractivity contribution >= 4 is 12.3 Å². The van der Waals surface area contributed by atoms with Gasteiger partial charge in [-0.15, -0.1) is 0 Å². The molecular formula is C31H58N2O4. The SMILES string of the molecule is CCC(C=O)(CCCCCCCC(=O)OC1CC(C)(C)NC(C)(C)C1)COC1CC(C)(C)NC(C)(C)C1. The molecule has 0 aliphatic carbocycles. The predicted octanol–water partition coefficient (Wildman–Crippen LogP) is 6.49. The molecule has 6 nitrogen and oxygen atoms in total. The van der Waals surface area contributed by atoms with Gasteiger partial charge in [-0.25, -0.2) is 0 Å². The number of rotatable bonds is 14. The second-order valence-corrected chi connectivity index (χ2v) is 14.7. The molecule has 0 radical (unpaired) electrons. The zero-order chi connectivity index (χ0) is 28.0. The molecule has 2 aliphatic rings. The van der Waals surface area contributed by atoms with Gasteiger partial charge in [-0.05, 0) is 87.5 Å². The summed E-state index contributed by atoms with van der Waals surface area (Å²) in [5.74, 6) is -0.0640. The molecule has 2 heterocycles. The van der Waals surface area contributed by atoms with E-state index in [-0.39, 0.29) is 45.7 Å². The molecule has 0 amide bonds. The largest absolute Gasteiger partial charge is 0.462 e. The molecule has 2 saturated heterocycles. The smallest absolute Gasteiger partial charge is 0.306 e. The molecule has 0 aromatic carbocycles. The summed E-state index contributed by atoms with van der Waals surface area (Å²) >= 11 is 0. The number of nitrogens with one attached hydrogen (secondary N) is 2. The summed E-state index contributed by atoms with van der Waals surface area (Å²) in [4.78, 5) is 24.5. The summed E-state index contributed by atoms with van der Waals surface area (Å²) in [6.07, 6.45) is 12.2. The minimum absolute atomic E-state index is 0.00602. The van der Waals surface area contributed by atoms with Crippen LogP contribution in [0.15, 0.2) is 0 Å². The summed E-state index contributed by atoms with van der Waals surface area (Å²) in [6.45, 7) is 20.2. The minimum atomic E-state index is -0.390. The summed E-state index contributed by atoms with van der Waals surface area (Å²) < 4.78 is 12.2. The molecule has 1 atom stereocenters. The van der Waals surface area contributed by atoms with Gasteiger partial charge in [0, 0.05) is 46.8 Å². The monoisotopic (exact) mass is 522 g/mol. The third-order valence-corrected chi connectivity index (χ3v) is 8.22. The molecular weight excluding hydrogens is 464 g/mol. The van der Waals surface area contributed by atoms with E-state index in [0.717, 1.165) is 76.9 Å². The molecule has 216 valence electrons. The Hall–Kier alpha value is -0.980. The van der Waals surface area contributed by atoms with Crippen LogP contribution in [-0.4, -0.2) is 53.2 Å². The highest BCUT2D eigenvalue weighted by molar-refractivity contribution is 5.69. The Labute approximate surface area is 227 Å². The summed E-state index contributed by atoms with van der Waals surface area (Å²) in [7, 11) is 0. The first-order valence-electron chi connectivity index (χ1n) is 14.9. The van der Waals surface area contributed by atoms with Gasteiger partial charge in [-0.1, -0.05) is 32.6 Å². The topological polar surface area (TPSA) is 76.7 Å². The van der Waals surface area contributed by atoms with Gasteiger partial charge in [0.1, 0.15) is 12.4 Å². The van der Waals surface area contributed by atoms with Crippen molar-refractivity contribution in [2.24, 2.45) is 5.41 Å². The van der Waals surface area contributed by atoms with Crippen LogP contribution in [0.25, 0.3) is 0 Å². The number of carbonyl (C=O) groups is 2. The van der Waals surface area contributed by atoms with Crippen LogP contribution in [0.4, 0.5) is 0 Å². The van der Waals surface area contributed by atoms with Crippen molar-refractivity contribution < 1.29 is 19.1 Å². The highest BCUT2D eigenvalue weighted by Gasteiger charge is 2.40. The highest BCUT2D eigenvalue weighted by Crippen LogP contribution is 2.34. The fourth-order valence-electron chi connectivity index (χ4n) is 6.99. The van der Waals surface area contributed by atoms with Crippen LogP contribution in [0.3, 0.4) is 0 Å². The van der Waals surface area contributed by atoms with E-state index in [4.69, 9.17) is 9.47 Å². The van der Waals surface area contributed by atoms with E-state index in [1.165, 1.54) is 0 Å². The third kappa shape index (κ3) is 11.3. The van der Waals surface area contributed by atoms with E-state index < -0.39 is 0 Å². The van der Waals surface area contributed by atoms with E-state index in [9.17, 15) is 9.59 Å². The van der Waals surface area contributed by atoms with Gasteiger partial charge < -0.3 is 24.9 Å². The molecule has 0 aromatic rings. The number of hydrogen-bond acceptors (Lipinski definition) is 6. The minimum Gasteiger partial charge on any atom is -0.462 e. The van der Waals surface area contributed by atoms with Crippen LogP contribution in [0.1, 0.15) is 139 Å². The van der Waals surface area contributed by atoms with Gasteiger partial charge in [0.15, 0.2) is 0 Å². The lowest BCUT2D eigenvalue weighted by atomic mass is 9.80. The molecule has 0 aromatic heterocycles. The molecule has 6 heteroatoms. The summed E-state index contributed by atoms with van der Waals surface area (Å²) in [5.41, 5.74) is -0.355. The normalized spacial score (nSPS) is 24.8. The maximum atomic E-state index is 12.4. The van der Waals surface area contributed by atoms with Crippen LogP contribution in [0.5, 0.6) is 0 Å². The molecule has 2 rings (SSSR count). The first-order valence-corrected chi connectivity index (χ1v) is 14.9. The Balaban J connectivity index is 1.65. The van der Waals surface area contributed by atoms with Gasteiger partial charge in [0.05, 0.1) is 12.7 Å². The number of ether oxygens (including phenoxy) is 2. The Morgan fingerprint density at radius 2 is 1.24 bits per heavy atom. The molecule has 2 N–H and O–H groups in total. The molecule has 0 spiro atoms.